The van der Waals surface area contributed by atoms with E-state index in [1.807, 2.05) is 31.2 Å². The molecule has 0 saturated heterocycles. The minimum Gasteiger partial charge on any atom is -0.494 e. The Bertz CT molecular complexity index is 410. The first-order chi connectivity index (χ1) is 8.66. The summed E-state index contributed by atoms with van der Waals surface area (Å²) < 4.78 is 5.36. The number of carboxylic acid groups (broad SMARTS) is 1. The molecule has 1 aliphatic rings. The van der Waals surface area contributed by atoms with E-state index in [4.69, 9.17) is 9.84 Å². The van der Waals surface area contributed by atoms with Gasteiger partial charge in [0.05, 0.1) is 12.0 Å². The molecule has 1 aromatic carbocycles. The Kier molecular flexibility index (Phi) is 3.87. The number of nitrogens with one attached hydrogen (secondary N) is 1. The van der Waals surface area contributed by atoms with Crippen LogP contribution in [0, 0.1) is 5.41 Å². The van der Waals surface area contributed by atoms with Crippen molar-refractivity contribution in [1.29, 1.82) is 0 Å². The van der Waals surface area contributed by atoms with Crippen molar-refractivity contribution in [1.82, 2.24) is 5.32 Å². The van der Waals surface area contributed by atoms with Crippen LogP contribution in [0.15, 0.2) is 24.3 Å². The van der Waals surface area contributed by atoms with Crippen molar-refractivity contribution in [3.8, 4) is 5.75 Å². The van der Waals surface area contributed by atoms with Crippen molar-refractivity contribution >= 4 is 5.97 Å². The topological polar surface area (TPSA) is 58.6 Å². The van der Waals surface area contributed by atoms with Crippen molar-refractivity contribution in [2.45, 2.75) is 26.3 Å². The van der Waals surface area contributed by atoms with Crippen LogP contribution in [0.25, 0.3) is 0 Å². The highest BCUT2D eigenvalue weighted by molar-refractivity contribution is 5.78. The lowest BCUT2D eigenvalue weighted by Gasteiger charge is -2.11. The molecule has 98 valence electrons. The highest BCUT2D eigenvalue weighted by atomic mass is 16.5. The van der Waals surface area contributed by atoms with E-state index in [1.54, 1.807) is 0 Å². The summed E-state index contributed by atoms with van der Waals surface area (Å²) in [5, 5.41) is 12.3. The predicted molar refractivity (Wildman–Crippen MR) is 68.6 cm³/mol. The Morgan fingerprint density at radius 1 is 1.39 bits per heavy atom. The monoisotopic (exact) mass is 249 g/mol. The molecule has 0 spiro atoms. The first kappa shape index (κ1) is 12.9. The van der Waals surface area contributed by atoms with Gasteiger partial charge in [-0.3, -0.25) is 4.79 Å². The van der Waals surface area contributed by atoms with Gasteiger partial charge in [-0.05, 0) is 37.5 Å². The van der Waals surface area contributed by atoms with Crippen LogP contribution in [0.3, 0.4) is 0 Å². The molecule has 0 atom stereocenters. The van der Waals surface area contributed by atoms with E-state index in [0.29, 0.717) is 19.7 Å². The lowest BCUT2D eigenvalue weighted by molar-refractivity contribution is -0.143. The number of benzene rings is 1. The van der Waals surface area contributed by atoms with E-state index in [2.05, 4.69) is 5.32 Å². The van der Waals surface area contributed by atoms with Gasteiger partial charge in [-0.15, -0.1) is 0 Å². The second-order valence-electron chi connectivity index (χ2n) is 4.77. The molecule has 0 radical (unpaired) electrons. The van der Waals surface area contributed by atoms with Crippen molar-refractivity contribution in [3.63, 3.8) is 0 Å². The smallest absolute Gasteiger partial charge is 0.310 e. The third-order valence-corrected chi connectivity index (χ3v) is 3.33. The van der Waals surface area contributed by atoms with E-state index in [9.17, 15) is 4.79 Å². The van der Waals surface area contributed by atoms with Gasteiger partial charge in [-0.2, -0.15) is 0 Å². The molecule has 0 amide bonds. The third kappa shape index (κ3) is 3.01. The largest absolute Gasteiger partial charge is 0.494 e. The SMILES string of the molecule is CCOc1ccc(CNCC2(C(=O)O)CC2)cc1. The molecule has 18 heavy (non-hydrogen) atoms. The van der Waals surface area contributed by atoms with Gasteiger partial charge in [0.2, 0.25) is 0 Å². The molecule has 2 rings (SSSR count). The summed E-state index contributed by atoms with van der Waals surface area (Å²) in [5.74, 6) is 0.187. The Morgan fingerprint density at radius 3 is 2.56 bits per heavy atom. The zero-order valence-electron chi connectivity index (χ0n) is 10.6. The maximum Gasteiger partial charge on any atom is 0.310 e. The normalized spacial score (nSPS) is 16.3. The van der Waals surface area contributed by atoms with Gasteiger partial charge in [0.25, 0.3) is 0 Å². The Hall–Kier alpha value is -1.55. The van der Waals surface area contributed by atoms with E-state index < -0.39 is 11.4 Å². The van der Waals surface area contributed by atoms with Crippen LogP contribution in [-0.2, 0) is 11.3 Å². The molecule has 1 aliphatic carbocycles. The van der Waals surface area contributed by atoms with Gasteiger partial charge < -0.3 is 15.2 Å². The van der Waals surface area contributed by atoms with Crippen molar-refractivity contribution in [2.24, 2.45) is 5.41 Å². The minimum absolute atomic E-state index is 0.495. The maximum atomic E-state index is 11.0. The molecule has 2 N–H and O–H groups in total. The minimum atomic E-state index is -0.679. The van der Waals surface area contributed by atoms with E-state index in [0.717, 1.165) is 24.2 Å². The molecule has 0 aliphatic heterocycles. The molecule has 0 bridgehead atoms. The summed E-state index contributed by atoms with van der Waals surface area (Å²) in [5.41, 5.74) is 0.644. The molecule has 1 saturated carbocycles. The van der Waals surface area contributed by atoms with Crippen molar-refractivity contribution < 1.29 is 14.6 Å². The van der Waals surface area contributed by atoms with Crippen LogP contribution < -0.4 is 10.1 Å². The molecule has 4 nitrogen and oxygen atoms in total. The van der Waals surface area contributed by atoms with Crippen LogP contribution in [0.4, 0.5) is 0 Å². The van der Waals surface area contributed by atoms with Crippen LogP contribution in [0.2, 0.25) is 0 Å². The number of hydrogen-bond donors (Lipinski definition) is 2. The summed E-state index contributed by atoms with van der Waals surface area (Å²) in [6.45, 7) is 3.87. The van der Waals surface area contributed by atoms with Crippen LogP contribution in [0.1, 0.15) is 25.3 Å². The van der Waals surface area contributed by atoms with Crippen LogP contribution in [-0.4, -0.2) is 24.2 Å². The zero-order chi connectivity index (χ0) is 13.0. The first-order valence-electron chi connectivity index (χ1n) is 6.32. The predicted octanol–water partition coefficient (Wildman–Crippen LogP) is 2.04. The van der Waals surface area contributed by atoms with Gasteiger partial charge >= 0.3 is 5.97 Å². The Labute approximate surface area is 107 Å². The third-order valence-electron chi connectivity index (χ3n) is 3.33. The molecule has 0 heterocycles. The average Bonchev–Trinajstić information content (AvgIpc) is 3.13. The summed E-state index contributed by atoms with van der Waals surface area (Å²) in [6.07, 6.45) is 1.58. The highest BCUT2D eigenvalue weighted by Crippen LogP contribution is 2.45. The van der Waals surface area contributed by atoms with Gasteiger partial charge in [0.1, 0.15) is 5.75 Å². The number of hydrogen-bond acceptors (Lipinski definition) is 3. The van der Waals surface area contributed by atoms with Crippen LogP contribution in [0.5, 0.6) is 5.75 Å². The van der Waals surface area contributed by atoms with Gasteiger partial charge in [0.15, 0.2) is 0 Å². The standard InChI is InChI=1S/C14H19NO3/c1-2-18-12-5-3-11(4-6-12)9-15-10-14(7-8-14)13(16)17/h3-6,15H,2,7-10H2,1H3,(H,16,17). The molecule has 0 aromatic heterocycles. The molecular formula is C14H19NO3. The molecule has 1 aromatic rings. The molecule has 4 heteroatoms. The summed E-state index contributed by atoms with van der Waals surface area (Å²) in [7, 11) is 0. The maximum absolute atomic E-state index is 11.0. The summed E-state index contributed by atoms with van der Waals surface area (Å²) in [6, 6.07) is 7.87. The number of rotatable bonds is 7. The van der Waals surface area contributed by atoms with Crippen molar-refractivity contribution in [3.05, 3.63) is 29.8 Å². The molecule has 0 unspecified atom stereocenters. The quantitative estimate of drug-likeness (QED) is 0.776. The number of carbonyl (C=O) groups is 1. The summed E-state index contributed by atoms with van der Waals surface area (Å²) >= 11 is 0. The van der Waals surface area contributed by atoms with Crippen LogP contribution >= 0.6 is 0 Å². The fourth-order valence-electron chi connectivity index (χ4n) is 1.93. The molecular weight excluding hydrogens is 230 g/mol. The Balaban J connectivity index is 1.78. The fourth-order valence-corrected chi connectivity index (χ4v) is 1.93. The second kappa shape index (κ2) is 5.40. The lowest BCUT2D eigenvalue weighted by Crippen LogP contribution is -2.29. The zero-order valence-corrected chi connectivity index (χ0v) is 10.6. The van der Waals surface area contributed by atoms with Crippen molar-refractivity contribution in [2.75, 3.05) is 13.2 Å². The van der Waals surface area contributed by atoms with E-state index >= 15 is 0 Å². The van der Waals surface area contributed by atoms with E-state index in [-0.39, 0.29) is 0 Å². The van der Waals surface area contributed by atoms with Gasteiger partial charge in [-0.1, -0.05) is 12.1 Å². The number of carboxylic acids is 1. The first-order valence-corrected chi connectivity index (χ1v) is 6.32. The van der Waals surface area contributed by atoms with E-state index in [1.165, 1.54) is 0 Å². The average molecular weight is 249 g/mol. The van der Waals surface area contributed by atoms with Gasteiger partial charge in [-0.25, -0.2) is 0 Å². The summed E-state index contributed by atoms with van der Waals surface area (Å²) in [4.78, 5) is 11.0. The highest BCUT2D eigenvalue weighted by Gasteiger charge is 2.49. The van der Waals surface area contributed by atoms with Gasteiger partial charge in [0, 0.05) is 13.1 Å². The fraction of sp³-hybridized carbons (Fsp3) is 0.500. The Morgan fingerprint density at radius 2 is 2.06 bits per heavy atom. The lowest BCUT2D eigenvalue weighted by atomic mass is 10.1. The number of ether oxygens (including phenoxy) is 1. The second-order valence-corrected chi connectivity index (χ2v) is 4.77. The number of aliphatic carboxylic acids is 1. The molecule has 1 fully saturated rings.